The van der Waals surface area contributed by atoms with Crippen LogP contribution in [0.3, 0.4) is 0 Å². The van der Waals surface area contributed by atoms with Gasteiger partial charge < -0.3 is 20.5 Å². The normalized spacial score (nSPS) is 16.3. The summed E-state index contributed by atoms with van der Waals surface area (Å²) in [6.45, 7) is 7.43. The summed E-state index contributed by atoms with van der Waals surface area (Å²) in [7, 11) is 1.30. The smallest absolute Gasteiger partial charge is 0.475 e. The molecule has 8 nitrogen and oxygen atoms in total. The van der Waals surface area contributed by atoms with Gasteiger partial charge in [-0.15, -0.1) is 0 Å². The van der Waals surface area contributed by atoms with E-state index < -0.39 is 30.2 Å². The third kappa shape index (κ3) is 9.45. The van der Waals surface area contributed by atoms with Gasteiger partial charge in [0.1, 0.15) is 12.1 Å². The van der Waals surface area contributed by atoms with E-state index in [0.717, 1.165) is 25.7 Å². The average molecular weight is 440 g/mol. The van der Waals surface area contributed by atoms with Crippen LogP contribution in [0.25, 0.3) is 0 Å². The lowest BCUT2D eigenvalue weighted by Gasteiger charge is -2.27. The minimum absolute atomic E-state index is 0.00514. The van der Waals surface area contributed by atoms with Gasteiger partial charge in [-0.1, -0.05) is 40.5 Å². The Hall–Kier alpha value is -2.33. The number of nitrogens with one attached hydrogen (secondary N) is 2. The van der Waals surface area contributed by atoms with Gasteiger partial charge in [-0.3, -0.25) is 9.59 Å². The molecule has 30 heavy (non-hydrogen) atoms. The van der Waals surface area contributed by atoms with E-state index in [1.54, 1.807) is 0 Å². The maximum atomic E-state index is 12.5. The highest BCUT2D eigenvalue weighted by molar-refractivity contribution is 5.91. The molecule has 0 saturated heterocycles. The van der Waals surface area contributed by atoms with Crippen molar-refractivity contribution in [1.29, 1.82) is 0 Å². The summed E-state index contributed by atoms with van der Waals surface area (Å²) in [6.07, 6.45) is -1.19. The van der Waals surface area contributed by atoms with Crippen LogP contribution in [0.2, 0.25) is 0 Å². The fourth-order valence-electron chi connectivity index (χ4n) is 2.86. The van der Waals surface area contributed by atoms with Crippen LogP contribution in [0.15, 0.2) is 0 Å². The zero-order valence-corrected chi connectivity index (χ0v) is 17.8. The molecule has 0 aromatic carbocycles. The van der Waals surface area contributed by atoms with E-state index in [0.29, 0.717) is 0 Å². The number of carbonyl (C=O) groups is 4. The van der Waals surface area contributed by atoms with Crippen molar-refractivity contribution < 1.29 is 42.2 Å². The van der Waals surface area contributed by atoms with Crippen LogP contribution in [0.5, 0.6) is 0 Å². The van der Waals surface area contributed by atoms with Crippen molar-refractivity contribution in [1.82, 2.24) is 10.6 Å². The number of halogens is 3. The van der Waals surface area contributed by atoms with Crippen molar-refractivity contribution >= 4 is 23.8 Å². The second kappa shape index (κ2) is 12.4. The predicted octanol–water partition coefficient (Wildman–Crippen LogP) is 2.26. The molecule has 2 amide bonds. The Balaban J connectivity index is 0.00000103. The lowest BCUT2D eigenvalue weighted by atomic mass is 9.99. The molecule has 2 unspecified atom stereocenters. The topological polar surface area (TPSA) is 122 Å². The lowest BCUT2D eigenvalue weighted by molar-refractivity contribution is -0.192. The molecule has 0 aromatic heterocycles. The summed E-state index contributed by atoms with van der Waals surface area (Å²) >= 11 is 0. The summed E-state index contributed by atoms with van der Waals surface area (Å²) in [5.74, 6) is -3.78. The molecule has 1 rings (SSSR count). The van der Waals surface area contributed by atoms with Crippen LogP contribution >= 0.6 is 0 Å². The molecule has 1 saturated carbocycles. The standard InChI is InChI=1S/C17H30N2O4.C2HF3O2/c1-10(2)13(18-15(20)12-8-6-7-9-12)16(21)19-14(11(3)4)17(22)23-5;3-2(4,5)1(6)7/h10-14H,6-9H2,1-5H3,(H,18,20)(H,19,21);(H,6,7). The molecule has 0 aliphatic heterocycles. The Labute approximate surface area is 173 Å². The highest BCUT2D eigenvalue weighted by atomic mass is 19.4. The first kappa shape index (κ1) is 27.7. The van der Waals surface area contributed by atoms with E-state index in [2.05, 4.69) is 10.6 Å². The Morgan fingerprint density at radius 2 is 1.37 bits per heavy atom. The molecule has 11 heteroatoms. The van der Waals surface area contributed by atoms with Gasteiger partial charge in [0, 0.05) is 5.92 Å². The van der Waals surface area contributed by atoms with Gasteiger partial charge in [-0.25, -0.2) is 9.59 Å². The zero-order valence-electron chi connectivity index (χ0n) is 17.8. The first-order valence-electron chi connectivity index (χ1n) is 9.71. The second-order valence-electron chi connectivity index (χ2n) is 7.77. The average Bonchev–Trinajstić information content (AvgIpc) is 3.17. The van der Waals surface area contributed by atoms with Crippen LogP contribution in [-0.4, -0.2) is 54.2 Å². The van der Waals surface area contributed by atoms with Crippen LogP contribution in [0.4, 0.5) is 13.2 Å². The molecule has 1 aliphatic rings. The fraction of sp³-hybridized carbons (Fsp3) is 0.789. The van der Waals surface area contributed by atoms with Crippen molar-refractivity contribution in [3.05, 3.63) is 0 Å². The minimum atomic E-state index is -5.08. The molecule has 174 valence electrons. The summed E-state index contributed by atoms with van der Waals surface area (Å²) in [5, 5.41) is 12.7. The van der Waals surface area contributed by atoms with Crippen LogP contribution in [0.1, 0.15) is 53.4 Å². The SMILES string of the molecule is COC(=O)C(NC(=O)C(NC(=O)C1CCCC1)C(C)C)C(C)C.O=C(O)C(F)(F)F. The summed E-state index contributed by atoms with van der Waals surface area (Å²) in [6, 6.07) is -1.36. The van der Waals surface area contributed by atoms with Crippen LogP contribution in [-0.2, 0) is 23.9 Å². The van der Waals surface area contributed by atoms with E-state index in [-0.39, 0.29) is 29.6 Å². The molecule has 0 aromatic rings. The Morgan fingerprint density at radius 3 is 1.70 bits per heavy atom. The van der Waals surface area contributed by atoms with Crippen LogP contribution in [0, 0.1) is 17.8 Å². The quantitative estimate of drug-likeness (QED) is 0.522. The number of carboxylic acids is 1. The molecular formula is C19H31F3N2O6. The number of carboxylic acid groups (broad SMARTS) is 1. The maximum Gasteiger partial charge on any atom is 0.490 e. The highest BCUT2D eigenvalue weighted by Gasteiger charge is 2.38. The van der Waals surface area contributed by atoms with Crippen molar-refractivity contribution in [2.75, 3.05) is 7.11 Å². The number of ether oxygens (including phenoxy) is 1. The van der Waals surface area contributed by atoms with E-state index in [1.165, 1.54) is 7.11 Å². The molecule has 1 aliphatic carbocycles. The summed E-state index contributed by atoms with van der Waals surface area (Å²) in [4.78, 5) is 45.5. The number of hydrogen-bond acceptors (Lipinski definition) is 5. The van der Waals surface area contributed by atoms with Crippen molar-refractivity contribution in [2.45, 2.75) is 71.6 Å². The van der Waals surface area contributed by atoms with Gasteiger partial charge in [-0.2, -0.15) is 13.2 Å². The second-order valence-corrected chi connectivity index (χ2v) is 7.77. The molecule has 2 atom stereocenters. The predicted molar refractivity (Wildman–Crippen MR) is 101 cm³/mol. The Morgan fingerprint density at radius 1 is 0.933 bits per heavy atom. The number of esters is 1. The van der Waals surface area contributed by atoms with Gasteiger partial charge >= 0.3 is 18.1 Å². The van der Waals surface area contributed by atoms with Gasteiger partial charge in [0.2, 0.25) is 11.8 Å². The van der Waals surface area contributed by atoms with E-state index >= 15 is 0 Å². The molecule has 3 N–H and O–H groups in total. The molecule has 0 bridgehead atoms. The van der Waals surface area contributed by atoms with E-state index in [9.17, 15) is 27.6 Å². The number of amides is 2. The van der Waals surface area contributed by atoms with Gasteiger partial charge in [0.05, 0.1) is 7.11 Å². The Bertz CT molecular complexity index is 602. The van der Waals surface area contributed by atoms with Gasteiger partial charge in [-0.05, 0) is 24.7 Å². The fourth-order valence-corrected chi connectivity index (χ4v) is 2.86. The van der Waals surface area contributed by atoms with E-state index in [4.69, 9.17) is 14.6 Å². The molecular weight excluding hydrogens is 409 g/mol. The van der Waals surface area contributed by atoms with Gasteiger partial charge in [0.15, 0.2) is 0 Å². The van der Waals surface area contributed by atoms with Crippen molar-refractivity contribution in [2.24, 2.45) is 17.8 Å². The van der Waals surface area contributed by atoms with Crippen LogP contribution < -0.4 is 10.6 Å². The lowest BCUT2D eigenvalue weighted by Crippen LogP contribution is -2.55. The Kier molecular flexibility index (Phi) is 11.4. The molecule has 0 spiro atoms. The van der Waals surface area contributed by atoms with Gasteiger partial charge in [0.25, 0.3) is 0 Å². The van der Waals surface area contributed by atoms with E-state index in [1.807, 2.05) is 27.7 Å². The first-order chi connectivity index (χ1) is 13.7. The third-order valence-corrected chi connectivity index (χ3v) is 4.63. The molecule has 0 heterocycles. The number of methoxy groups -OCH3 is 1. The molecule has 1 fully saturated rings. The minimum Gasteiger partial charge on any atom is -0.475 e. The van der Waals surface area contributed by atoms with Crippen molar-refractivity contribution in [3.8, 4) is 0 Å². The number of carbonyl (C=O) groups excluding carboxylic acids is 3. The number of rotatable bonds is 7. The number of alkyl halides is 3. The maximum absolute atomic E-state index is 12.5. The third-order valence-electron chi connectivity index (χ3n) is 4.63. The summed E-state index contributed by atoms with van der Waals surface area (Å²) in [5.41, 5.74) is 0. The van der Waals surface area contributed by atoms with Crippen molar-refractivity contribution in [3.63, 3.8) is 0 Å². The largest absolute Gasteiger partial charge is 0.490 e. The highest BCUT2D eigenvalue weighted by Crippen LogP contribution is 2.25. The number of aliphatic carboxylic acids is 1. The monoisotopic (exact) mass is 440 g/mol. The number of hydrogen-bond donors (Lipinski definition) is 3. The zero-order chi connectivity index (χ0) is 23.6. The first-order valence-corrected chi connectivity index (χ1v) is 9.71. The molecule has 0 radical (unpaired) electrons. The summed E-state index contributed by atoms with van der Waals surface area (Å²) < 4.78 is 36.5.